The summed E-state index contributed by atoms with van der Waals surface area (Å²) in [5.41, 5.74) is 3.59. The molecule has 0 N–H and O–H groups in total. The van der Waals surface area contributed by atoms with Crippen LogP contribution in [0.25, 0.3) is 11.1 Å². The van der Waals surface area contributed by atoms with Gasteiger partial charge >= 0.3 is 0 Å². The molecule has 0 aliphatic heterocycles. The number of aryl methyl sites for hydroxylation is 2. The van der Waals surface area contributed by atoms with E-state index in [-0.39, 0.29) is 34.8 Å². The number of hydrogen-bond donors (Lipinski definition) is 0. The molecule has 0 saturated heterocycles. The average molecular weight is 572 g/mol. The number of nitrogens with zero attached hydrogens (tertiary/aromatic N) is 1. The van der Waals surface area contributed by atoms with Crippen LogP contribution in [0.2, 0.25) is 0 Å². The quantitative estimate of drug-likeness (QED) is 0.142. The molecular formula is C29H28BrF2NO4. The van der Waals surface area contributed by atoms with Crippen LogP contribution >= 0.6 is 15.9 Å². The first-order chi connectivity index (χ1) is 17.7. The molecule has 3 aromatic carbocycles. The summed E-state index contributed by atoms with van der Waals surface area (Å²) in [6.07, 6.45) is -0.0874. The SMILES string of the molecule is CC(=O)c1c(OCCBr)c(OC(CC(C)c2ccc(F)cc2)c2ccc(F)cc2)c2oc(C)nc2c1C. The number of ketones is 1. The Morgan fingerprint density at radius 2 is 1.59 bits per heavy atom. The zero-order valence-corrected chi connectivity index (χ0v) is 22.7. The van der Waals surface area contributed by atoms with Crippen LogP contribution in [0.15, 0.2) is 52.9 Å². The van der Waals surface area contributed by atoms with Gasteiger partial charge in [-0.15, -0.1) is 0 Å². The molecule has 0 aliphatic rings. The van der Waals surface area contributed by atoms with Crippen molar-refractivity contribution in [2.45, 2.75) is 46.1 Å². The summed E-state index contributed by atoms with van der Waals surface area (Å²) < 4.78 is 45.9. The lowest BCUT2D eigenvalue weighted by atomic mass is 9.92. The van der Waals surface area contributed by atoms with Gasteiger partial charge in [0.2, 0.25) is 11.3 Å². The van der Waals surface area contributed by atoms with Crippen LogP contribution < -0.4 is 9.47 Å². The molecule has 0 spiro atoms. The van der Waals surface area contributed by atoms with Crippen molar-refractivity contribution in [3.05, 3.63) is 88.3 Å². The number of benzene rings is 3. The molecule has 0 aliphatic carbocycles. The number of Topliss-reactive ketones (excluding diaryl/α,β-unsaturated/α-hetero) is 1. The molecule has 2 unspecified atom stereocenters. The first-order valence-corrected chi connectivity index (χ1v) is 13.1. The number of rotatable bonds is 10. The van der Waals surface area contributed by atoms with Crippen LogP contribution in [0.4, 0.5) is 8.78 Å². The Labute approximate surface area is 222 Å². The van der Waals surface area contributed by atoms with Crippen molar-refractivity contribution in [3.8, 4) is 11.5 Å². The minimum atomic E-state index is -0.567. The maximum atomic E-state index is 13.8. The van der Waals surface area contributed by atoms with Gasteiger partial charge < -0.3 is 13.9 Å². The van der Waals surface area contributed by atoms with Crippen LogP contribution in [0.5, 0.6) is 11.5 Å². The third-order valence-corrected chi connectivity index (χ3v) is 6.61. The zero-order chi connectivity index (χ0) is 26.7. The van der Waals surface area contributed by atoms with E-state index in [9.17, 15) is 13.6 Å². The van der Waals surface area contributed by atoms with E-state index in [4.69, 9.17) is 13.9 Å². The van der Waals surface area contributed by atoms with Gasteiger partial charge in [-0.25, -0.2) is 13.8 Å². The molecule has 37 heavy (non-hydrogen) atoms. The Kier molecular flexibility index (Phi) is 8.27. The lowest BCUT2D eigenvalue weighted by Crippen LogP contribution is -2.14. The predicted octanol–water partition coefficient (Wildman–Crippen LogP) is 8.01. The fraction of sp³-hybridized carbons (Fsp3) is 0.310. The second kappa shape index (κ2) is 11.4. The summed E-state index contributed by atoms with van der Waals surface area (Å²) in [5.74, 6) is 0.0868. The number of aromatic nitrogens is 1. The first kappa shape index (κ1) is 26.8. The number of hydrogen-bond acceptors (Lipinski definition) is 5. The smallest absolute Gasteiger partial charge is 0.208 e. The van der Waals surface area contributed by atoms with Crippen molar-refractivity contribution in [3.63, 3.8) is 0 Å². The second-order valence-electron chi connectivity index (χ2n) is 9.01. The Bertz CT molecular complexity index is 1400. The summed E-state index contributed by atoms with van der Waals surface area (Å²) in [7, 11) is 0. The number of alkyl halides is 1. The highest BCUT2D eigenvalue weighted by Crippen LogP contribution is 2.45. The van der Waals surface area contributed by atoms with Crippen LogP contribution in [0.3, 0.4) is 0 Å². The molecule has 0 bridgehead atoms. The Morgan fingerprint density at radius 3 is 2.16 bits per heavy atom. The minimum absolute atomic E-state index is 0.0350. The summed E-state index contributed by atoms with van der Waals surface area (Å²) in [6, 6.07) is 12.4. The van der Waals surface area contributed by atoms with Gasteiger partial charge in [0.05, 0.1) is 12.2 Å². The lowest BCUT2D eigenvalue weighted by molar-refractivity contribution is 0.101. The molecule has 0 fully saturated rings. The van der Waals surface area contributed by atoms with E-state index in [1.54, 1.807) is 38.1 Å². The maximum Gasteiger partial charge on any atom is 0.208 e. The summed E-state index contributed by atoms with van der Waals surface area (Å²) in [6.45, 7) is 7.31. The van der Waals surface area contributed by atoms with Crippen molar-refractivity contribution in [1.82, 2.24) is 4.98 Å². The first-order valence-electron chi connectivity index (χ1n) is 12.0. The lowest BCUT2D eigenvalue weighted by Gasteiger charge is -2.25. The highest BCUT2D eigenvalue weighted by Gasteiger charge is 2.29. The zero-order valence-electron chi connectivity index (χ0n) is 21.1. The molecular weight excluding hydrogens is 544 g/mol. The number of fused-ring (bicyclic) bond motifs is 1. The Morgan fingerprint density at radius 1 is 1.00 bits per heavy atom. The molecule has 0 saturated carbocycles. The van der Waals surface area contributed by atoms with E-state index < -0.39 is 6.10 Å². The Hall–Kier alpha value is -3.26. The number of carbonyl (C=O) groups excluding carboxylic acids is 1. The number of halogens is 3. The third kappa shape index (κ3) is 5.85. The predicted molar refractivity (Wildman–Crippen MR) is 142 cm³/mol. The largest absolute Gasteiger partial charge is 0.488 e. The number of ether oxygens (including phenoxy) is 2. The van der Waals surface area contributed by atoms with Gasteiger partial charge in [-0.3, -0.25) is 4.79 Å². The van der Waals surface area contributed by atoms with Crippen LogP contribution in [0.1, 0.15) is 65.2 Å². The minimum Gasteiger partial charge on any atom is -0.488 e. The highest BCUT2D eigenvalue weighted by atomic mass is 79.9. The van der Waals surface area contributed by atoms with E-state index in [1.165, 1.54) is 31.2 Å². The van der Waals surface area contributed by atoms with E-state index in [0.29, 0.717) is 46.5 Å². The van der Waals surface area contributed by atoms with Crippen molar-refractivity contribution >= 4 is 32.8 Å². The summed E-state index contributed by atoms with van der Waals surface area (Å²) in [5, 5.41) is 0.541. The Balaban J connectivity index is 1.85. The van der Waals surface area contributed by atoms with Gasteiger partial charge in [0.1, 0.15) is 23.3 Å². The van der Waals surface area contributed by atoms with Gasteiger partial charge in [0.25, 0.3) is 0 Å². The average Bonchev–Trinajstić information content (AvgIpc) is 3.26. The monoisotopic (exact) mass is 571 g/mol. The fourth-order valence-corrected chi connectivity index (χ4v) is 4.63. The molecule has 1 aromatic heterocycles. The van der Waals surface area contributed by atoms with Gasteiger partial charge in [0, 0.05) is 12.3 Å². The molecule has 5 nitrogen and oxygen atoms in total. The molecule has 4 aromatic rings. The highest BCUT2D eigenvalue weighted by molar-refractivity contribution is 9.09. The molecule has 194 valence electrons. The molecule has 4 rings (SSSR count). The van der Waals surface area contributed by atoms with E-state index >= 15 is 0 Å². The summed E-state index contributed by atoms with van der Waals surface area (Å²) >= 11 is 3.37. The van der Waals surface area contributed by atoms with E-state index in [1.807, 2.05) is 6.92 Å². The topological polar surface area (TPSA) is 61.6 Å². The molecule has 1 heterocycles. The van der Waals surface area contributed by atoms with Crippen LogP contribution in [0, 0.1) is 25.5 Å². The van der Waals surface area contributed by atoms with Crippen molar-refractivity contribution in [1.29, 1.82) is 0 Å². The van der Waals surface area contributed by atoms with Gasteiger partial charge in [0.15, 0.2) is 17.4 Å². The molecule has 0 radical (unpaired) electrons. The van der Waals surface area contributed by atoms with E-state index in [0.717, 1.165) is 11.1 Å². The fourth-order valence-electron chi connectivity index (χ4n) is 4.47. The van der Waals surface area contributed by atoms with Gasteiger partial charge in [-0.1, -0.05) is 47.1 Å². The van der Waals surface area contributed by atoms with Crippen LogP contribution in [-0.2, 0) is 0 Å². The molecule has 8 heteroatoms. The second-order valence-corrected chi connectivity index (χ2v) is 9.80. The standard InChI is InChI=1S/C29H28BrF2NO4/c1-16(20-5-9-22(31)10-6-20)15-24(21-7-11-23(32)12-8-21)37-29-27(35-14-13-30)25(18(3)34)17(2)26-28(29)36-19(4)33-26/h5-12,16,24H,13-15H2,1-4H3. The third-order valence-electron chi connectivity index (χ3n) is 6.29. The van der Waals surface area contributed by atoms with Gasteiger partial charge in [-0.05, 0) is 67.1 Å². The number of carbonyl (C=O) groups is 1. The summed E-state index contributed by atoms with van der Waals surface area (Å²) in [4.78, 5) is 17.3. The van der Waals surface area contributed by atoms with Crippen molar-refractivity contribution in [2.75, 3.05) is 11.9 Å². The van der Waals surface area contributed by atoms with Gasteiger partial charge in [-0.2, -0.15) is 0 Å². The van der Waals surface area contributed by atoms with Crippen molar-refractivity contribution < 1.29 is 27.5 Å². The van der Waals surface area contributed by atoms with Crippen molar-refractivity contribution in [2.24, 2.45) is 0 Å². The van der Waals surface area contributed by atoms with E-state index in [2.05, 4.69) is 20.9 Å². The number of oxazole rings is 1. The van der Waals surface area contributed by atoms with Crippen LogP contribution in [-0.4, -0.2) is 22.7 Å². The normalized spacial score (nSPS) is 12.9. The maximum absolute atomic E-state index is 13.8. The molecule has 2 atom stereocenters. The molecule has 0 amide bonds.